The van der Waals surface area contributed by atoms with Crippen LogP contribution in [0.3, 0.4) is 0 Å². The van der Waals surface area contributed by atoms with Gasteiger partial charge in [-0.25, -0.2) is 4.39 Å². The summed E-state index contributed by atoms with van der Waals surface area (Å²) in [5.41, 5.74) is 1.70. The fraction of sp³-hybridized carbons (Fsp3) is 0.409. The molecule has 6 heteroatoms. The summed E-state index contributed by atoms with van der Waals surface area (Å²) in [5.74, 6) is 1.37. The minimum absolute atomic E-state index is 0.0138. The minimum atomic E-state index is -0.230. The van der Waals surface area contributed by atoms with Gasteiger partial charge in [0.15, 0.2) is 6.54 Å². The van der Waals surface area contributed by atoms with Crippen LogP contribution in [0.4, 0.5) is 4.39 Å². The fourth-order valence-electron chi connectivity index (χ4n) is 3.92. The highest BCUT2D eigenvalue weighted by Crippen LogP contribution is 2.31. The average molecular weight is 387 g/mol. The number of quaternary nitrogens is 1. The van der Waals surface area contributed by atoms with Crippen molar-refractivity contribution in [3.8, 4) is 11.5 Å². The summed E-state index contributed by atoms with van der Waals surface area (Å²) in [5, 5.41) is 2.93. The molecule has 1 heterocycles. The zero-order valence-corrected chi connectivity index (χ0v) is 16.5. The maximum Gasteiger partial charge on any atom is 0.275 e. The first kappa shape index (κ1) is 20.1. The Morgan fingerprint density at radius 3 is 2.79 bits per heavy atom. The molecule has 0 radical (unpaired) electrons. The van der Waals surface area contributed by atoms with Crippen molar-refractivity contribution >= 4 is 5.91 Å². The first-order valence-electron chi connectivity index (χ1n) is 9.69. The van der Waals surface area contributed by atoms with Crippen LogP contribution < -0.4 is 19.7 Å². The largest absolute Gasteiger partial charge is 0.497 e. The van der Waals surface area contributed by atoms with E-state index in [0.717, 1.165) is 36.4 Å². The Kier molecular flexibility index (Phi) is 6.87. The smallest absolute Gasteiger partial charge is 0.275 e. The molecule has 0 bridgehead atoms. The SMILES string of the molecule is COc1ccc(OC)c([C@@H]2CCC[NH+]2CC(=O)NCCc2ccccc2F)c1. The fourth-order valence-corrected chi connectivity index (χ4v) is 3.92. The lowest BCUT2D eigenvalue weighted by Gasteiger charge is -2.23. The number of hydrogen-bond acceptors (Lipinski definition) is 3. The summed E-state index contributed by atoms with van der Waals surface area (Å²) < 4.78 is 24.6. The Morgan fingerprint density at radius 2 is 2.04 bits per heavy atom. The van der Waals surface area contributed by atoms with Crippen LogP contribution in [0.1, 0.15) is 30.0 Å². The van der Waals surface area contributed by atoms with Crippen molar-refractivity contribution in [2.45, 2.75) is 25.3 Å². The van der Waals surface area contributed by atoms with E-state index in [9.17, 15) is 9.18 Å². The molecule has 2 atom stereocenters. The van der Waals surface area contributed by atoms with Crippen LogP contribution in [-0.4, -0.2) is 39.8 Å². The molecular weight excluding hydrogens is 359 g/mol. The standard InChI is InChI=1S/C22H27FN2O3/c1-27-17-9-10-21(28-2)18(14-17)20-8-5-13-25(20)15-22(26)24-12-11-16-6-3-4-7-19(16)23/h3-4,6-7,9-10,14,20H,5,8,11-13,15H2,1-2H3,(H,24,26)/p+1/t20-/m0/s1. The van der Waals surface area contributed by atoms with Crippen LogP contribution in [0.2, 0.25) is 0 Å². The molecule has 1 aliphatic rings. The Hall–Kier alpha value is -2.60. The number of hydrogen-bond donors (Lipinski definition) is 2. The number of nitrogens with one attached hydrogen (secondary N) is 2. The van der Waals surface area contributed by atoms with E-state index >= 15 is 0 Å². The van der Waals surface area contributed by atoms with Gasteiger partial charge in [0.05, 0.1) is 26.3 Å². The van der Waals surface area contributed by atoms with Gasteiger partial charge in [0.25, 0.3) is 5.91 Å². The minimum Gasteiger partial charge on any atom is -0.497 e. The maximum absolute atomic E-state index is 13.7. The van der Waals surface area contributed by atoms with E-state index in [1.165, 1.54) is 11.0 Å². The molecule has 2 N–H and O–H groups in total. The second-order valence-electron chi connectivity index (χ2n) is 7.08. The predicted octanol–water partition coefficient (Wildman–Crippen LogP) is 1.92. The molecule has 0 aliphatic carbocycles. The van der Waals surface area contributed by atoms with Gasteiger partial charge >= 0.3 is 0 Å². The van der Waals surface area contributed by atoms with E-state index < -0.39 is 0 Å². The zero-order chi connectivity index (χ0) is 19.9. The van der Waals surface area contributed by atoms with E-state index in [1.807, 2.05) is 18.2 Å². The maximum atomic E-state index is 13.7. The second kappa shape index (κ2) is 9.55. The Balaban J connectivity index is 1.59. The van der Waals surface area contributed by atoms with Crippen molar-refractivity contribution in [2.24, 2.45) is 0 Å². The van der Waals surface area contributed by atoms with E-state index in [0.29, 0.717) is 25.1 Å². The number of methoxy groups -OCH3 is 2. The molecule has 2 aromatic rings. The number of carbonyl (C=O) groups excluding carboxylic acids is 1. The third-order valence-electron chi connectivity index (χ3n) is 5.36. The zero-order valence-electron chi connectivity index (χ0n) is 16.5. The van der Waals surface area contributed by atoms with Gasteiger partial charge < -0.3 is 19.7 Å². The molecule has 1 saturated heterocycles. The first-order valence-corrected chi connectivity index (χ1v) is 9.69. The molecule has 1 amide bonds. The summed E-state index contributed by atoms with van der Waals surface area (Å²) in [7, 11) is 3.31. The molecule has 0 saturated carbocycles. The van der Waals surface area contributed by atoms with Crippen molar-refractivity contribution in [2.75, 3.05) is 33.9 Å². The predicted molar refractivity (Wildman–Crippen MR) is 105 cm³/mol. The summed E-state index contributed by atoms with van der Waals surface area (Å²) in [4.78, 5) is 13.7. The number of likely N-dealkylation sites (tertiary alicyclic amines) is 1. The molecule has 5 nitrogen and oxygen atoms in total. The van der Waals surface area contributed by atoms with Gasteiger partial charge in [-0.05, 0) is 36.2 Å². The lowest BCUT2D eigenvalue weighted by molar-refractivity contribution is -0.910. The van der Waals surface area contributed by atoms with Gasteiger partial charge in [-0.15, -0.1) is 0 Å². The third kappa shape index (κ3) is 4.81. The van der Waals surface area contributed by atoms with Crippen LogP contribution in [0, 0.1) is 5.82 Å². The monoisotopic (exact) mass is 387 g/mol. The highest BCUT2D eigenvalue weighted by molar-refractivity contribution is 5.76. The molecule has 1 aliphatic heterocycles. The highest BCUT2D eigenvalue weighted by atomic mass is 19.1. The Morgan fingerprint density at radius 1 is 1.21 bits per heavy atom. The Bertz CT molecular complexity index is 812. The van der Waals surface area contributed by atoms with Crippen LogP contribution >= 0.6 is 0 Å². The normalized spacial score (nSPS) is 18.7. The van der Waals surface area contributed by atoms with E-state index in [4.69, 9.17) is 9.47 Å². The average Bonchev–Trinajstić information content (AvgIpc) is 3.16. The summed E-state index contributed by atoms with van der Waals surface area (Å²) in [6, 6.07) is 12.7. The molecule has 150 valence electrons. The lowest BCUT2D eigenvalue weighted by Crippen LogP contribution is -3.11. The lowest BCUT2D eigenvalue weighted by atomic mass is 10.0. The van der Waals surface area contributed by atoms with Crippen LogP contribution in [0.15, 0.2) is 42.5 Å². The summed E-state index contributed by atoms with van der Waals surface area (Å²) in [6.07, 6.45) is 2.55. The molecule has 0 aromatic heterocycles. The van der Waals surface area contributed by atoms with Crippen LogP contribution in [0.25, 0.3) is 0 Å². The van der Waals surface area contributed by atoms with Gasteiger partial charge in [0.1, 0.15) is 23.4 Å². The van der Waals surface area contributed by atoms with E-state index in [-0.39, 0.29) is 17.8 Å². The van der Waals surface area contributed by atoms with Crippen molar-refractivity contribution < 1.29 is 23.6 Å². The number of benzene rings is 2. The van der Waals surface area contributed by atoms with Gasteiger partial charge in [0.2, 0.25) is 0 Å². The number of amides is 1. The van der Waals surface area contributed by atoms with Gasteiger partial charge in [-0.3, -0.25) is 4.79 Å². The molecule has 0 spiro atoms. The van der Waals surface area contributed by atoms with Crippen molar-refractivity contribution in [3.05, 3.63) is 59.4 Å². The molecule has 3 rings (SSSR count). The van der Waals surface area contributed by atoms with Crippen molar-refractivity contribution in [1.29, 1.82) is 0 Å². The van der Waals surface area contributed by atoms with Crippen molar-refractivity contribution in [1.82, 2.24) is 5.32 Å². The topological polar surface area (TPSA) is 52.0 Å². The van der Waals surface area contributed by atoms with E-state index in [2.05, 4.69) is 5.32 Å². The van der Waals surface area contributed by atoms with Gasteiger partial charge in [0, 0.05) is 19.4 Å². The van der Waals surface area contributed by atoms with Gasteiger partial charge in [-0.2, -0.15) is 0 Å². The number of rotatable bonds is 8. The molecule has 2 aromatic carbocycles. The van der Waals surface area contributed by atoms with Crippen molar-refractivity contribution in [3.63, 3.8) is 0 Å². The quantitative estimate of drug-likeness (QED) is 0.728. The van der Waals surface area contributed by atoms with Crippen LogP contribution in [0.5, 0.6) is 11.5 Å². The van der Waals surface area contributed by atoms with Crippen LogP contribution in [-0.2, 0) is 11.2 Å². The van der Waals surface area contributed by atoms with Gasteiger partial charge in [-0.1, -0.05) is 18.2 Å². The summed E-state index contributed by atoms with van der Waals surface area (Å²) in [6.45, 7) is 1.76. The third-order valence-corrected chi connectivity index (χ3v) is 5.36. The Labute approximate surface area is 165 Å². The first-order chi connectivity index (χ1) is 13.6. The highest BCUT2D eigenvalue weighted by Gasteiger charge is 2.33. The number of halogens is 1. The number of carbonyl (C=O) groups is 1. The van der Waals surface area contributed by atoms with E-state index in [1.54, 1.807) is 32.4 Å². The second-order valence-corrected chi connectivity index (χ2v) is 7.08. The molecular formula is C22H28FN2O3+. The number of ether oxygens (including phenoxy) is 2. The molecule has 1 unspecified atom stereocenters. The summed E-state index contributed by atoms with van der Waals surface area (Å²) >= 11 is 0. The molecule has 28 heavy (non-hydrogen) atoms. The molecule has 1 fully saturated rings.